The van der Waals surface area contributed by atoms with E-state index in [4.69, 9.17) is 4.42 Å². The molecule has 4 nitrogen and oxygen atoms in total. The molecule has 0 aliphatic heterocycles. The SMILES string of the molecule is CN(Cc1nnc(-c2cc3c(s2)CCCC3)o1)Cc1ccc(Br)s1. The maximum absolute atomic E-state index is 5.90. The predicted molar refractivity (Wildman–Crippen MR) is 101 cm³/mol. The van der Waals surface area contributed by atoms with Gasteiger partial charge in [-0.1, -0.05) is 0 Å². The lowest BCUT2D eigenvalue weighted by Gasteiger charge is -2.12. The number of thiophene rings is 2. The van der Waals surface area contributed by atoms with E-state index in [2.05, 4.69) is 56.3 Å². The number of halogens is 1. The molecule has 0 radical (unpaired) electrons. The highest BCUT2D eigenvalue weighted by atomic mass is 79.9. The molecule has 3 aromatic rings. The van der Waals surface area contributed by atoms with Crippen LogP contribution in [0.25, 0.3) is 10.8 Å². The van der Waals surface area contributed by atoms with Gasteiger partial charge in [0, 0.05) is 16.3 Å². The molecule has 3 aromatic heterocycles. The summed E-state index contributed by atoms with van der Waals surface area (Å²) in [5, 5.41) is 8.48. The highest BCUT2D eigenvalue weighted by Crippen LogP contribution is 2.35. The van der Waals surface area contributed by atoms with Crippen molar-refractivity contribution in [3.05, 3.63) is 43.2 Å². The van der Waals surface area contributed by atoms with Crippen LogP contribution < -0.4 is 0 Å². The van der Waals surface area contributed by atoms with E-state index in [1.165, 1.54) is 41.0 Å². The fraction of sp³-hybridized carbons (Fsp3) is 0.412. The fourth-order valence-electron chi connectivity index (χ4n) is 3.00. The van der Waals surface area contributed by atoms with E-state index in [0.29, 0.717) is 18.3 Å². The Hall–Kier alpha value is -1.02. The first kappa shape index (κ1) is 16.4. The largest absolute Gasteiger partial charge is 0.419 e. The van der Waals surface area contributed by atoms with Crippen LogP contribution >= 0.6 is 38.6 Å². The number of hydrogen-bond donors (Lipinski definition) is 0. The third-order valence-corrected chi connectivity index (χ3v) is 6.97. The Balaban J connectivity index is 1.43. The number of aryl methyl sites for hydroxylation is 2. The number of nitrogens with zero attached hydrogens (tertiary/aromatic N) is 3. The summed E-state index contributed by atoms with van der Waals surface area (Å²) in [4.78, 5) is 6.12. The molecule has 0 atom stereocenters. The summed E-state index contributed by atoms with van der Waals surface area (Å²) >= 11 is 7.07. The minimum atomic E-state index is 0.660. The first-order valence-corrected chi connectivity index (χ1v) is 10.5. The number of hydrogen-bond acceptors (Lipinski definition) is 6. The third kappa shape index (κ3) is 3.64. The molecule has 0 bridgehead atoms. The lowest BCUT2D eigenvalue weighted by Crippen LogP contribution is -2.16. The molecule has 0 fully saturated rings. The van der Waals surface area contributed by atoms with Crippen LogP contribution in [0.4, 0.5) is 0 Å². The highest BCUT2D eigenvalue weighted by molar-refractivity contribution is 9.11. The van der Waals surface area contributed by atoms with Gasteiger partial charge in [-0.05, 0) is 72.4 Å². The highest BCUT2D eigenvalue weighted by Gasteiger charge is 2.18. The van der Waals surface area contributed by atoms with Gasteiger partial charge in [0.15, 0.2) is 0 Å². The zero-order valence-electron chi connectivity index (χ0n) is 13.4. The third-order valence-electron chi connectivity index (χ3n) is 4.13. The maximum atomic E-state index is 5.90. The number of fused-ring (bicyclic) bond motifs is 1. The van der Waals surface area contributed by atoms with Crippen molar-refractivity contribution >= 4 is 38.6 Å². The van der Waals surface area contributed by atoms with E-state index in [9.17, 15) is 0 Å². The van der Waals surface area contributed by atoms with Gasteiger partial charge < -0.3 is 4.42 Å². The van der Waals surface area contributed by atoms with Gasteiger partial charge in [0.2, 0.25) is 5.89 Å². The van der Waals surface area contributed by atoms with E-state index in [1.807, 2.05) is 11.3 Å². The molecule has 0 spiro atoms. The van der Waals surface area contributed by atoms with Crippen LogP contribution in [0.2, 0.25) is 0 Å². The predicted octanol–water partition coefficient (Wildman–Crippen LogP) is 5.13. The van der Waals surface area contributed by atoms with Crippen molar-refractivity contribution in [3.8, 4) is 10.8 Å². The molecule has 7 heteroatoms. The summed E-state index contributed by atoms with van der Waals surface area (Å²) in [6.07, 6.45) is 4.97. The first-order valence-electron chi connectivity index (χ1n) is 8.04. The topological polar surface area (TPSA) is 42.2 Å². The average molecular weight is 424 g/mol. The van der Waals surface area contributed by atoms with Gasteiger partial charge >= 0.3 is 0 Å². The van der Waals surface area contributed by atoms with Crippen molar-refractivity contribution in [2.45, 2.75) is 38.8 Å². The monoisotopic (exact) mass is 423 g/mol. The Morgan fingerprint density at radius 3 is 2.83 bits per heavy atom. The van der Waals surface area contributed by atoms with Crippen LogP contribution in [-0.2, 0) is 25.9 Å². The van der Waals surface area contributed by atoms with Crippen LogP contribution in [0.3, 0.4) is 0 Å². The molecule has 3 heterocycles. The Morgan fingerprint density at radius 2 is 2.04 bits per heavy atom. The van der Waals surface area contributed by atoms with Gasteiger partial charge in [-0.2, -0.15) is 0 Å². The van der Waals surface area contributed by atoms with Crippen LogP contribution in [0.5, 0.6) is 0 Å². The molecule has 24 heavy (non-hydrogen) atoms. The Morgan fingerprint density at radius 1 is 1.17 bits per heavy atom. The van der Waals surface area contributed by atoms with E-state index in [1.54, 1.807) is 11.3 Å². The van der Waals surface area contributed by atoms with Gasteiger partial charge in [0.25, 0.3) is 5.89 Å². The van der Waals surface area contributed by atoms with Crippen molar-refractivity contribution in [1.82, 2.24) is 15.1 Å². The number of rotatable bonds is 5. The maximum Gasteiger partial charge on any atom is 0.257 e. The second-order valence-electron chi connectivity index (χ2n) is 6.15. The molecule has 4 rings (SSSR count). The summed E-state index contributed by atoms with van der Waals surface area (Å²) in [6.45, 7) is 1.54. The van der Waals surface area contributed by atoms with Crippen molar-refractivity contribution in [3.63, 3.8) is 0 Å². The van der Waals surface area contributed by atoms with Crippen LogP contribution in [-0.4, -0.2) is 22.1 Å². The van der Waals surface area contributed by atoms with Gasteiger partial charge in [-0.25, -0.2) is 0 Å². The second kappa shape index (κ2) is 7.07. The molecule has 0 N–H and O–H groups in total. The zero-order valence-corrected chi connectivity index (χ0v) is 16.6. The van der Waals surface area contributed by atoms with E-state index < -0.39 is 0 Å². The van der Waals surface area contributed by atoms with E-state index in [0.717, 1.165) is 15.2 Å². The number of aromatic nitrogens is 2. The Labute approximate surface area is 157 Å². The smallest absolute Gasteiger partial charge is 0.257 e. The molecular weight excluding hydrogens is 406 g/mol. The van der Waals surface area contributed by atoms with Gasteiger partial charge in [0.1, 0.15) is 0 Å². The summed E-state index contributed by atoms with van der Waals surface area (Å²) in [5.41, 5.74) is 1.47. The van der Waals surface area contributed by atoms with Crippen molar-refractivity contribution in [1.29, 1.82) is 0 Å². The lowest BCUT2D eigenvalue weighted by atomic mass is 9.99. The Kier molecular flexibility index (Phi) is 4.85. The van der Waals surface area contributed by atoms with Crippen molar-refractivity contribution in [2.24, 2.45) is 0 Å². The van der Waals surface area contributed by atoms with Gasteiger partial charge in [0.05, 0.1) is 15.2 Å². The summed E-state index contributed by atoms with van der Waals surface area (Å²) in [7, 11) is 2.07. The zero-order chi connectivity index (χ0) is 16.5. The molecule has 1 aliphatic rings. The molecule has 1 aliphatic carbocycles. The van der Waals surface area contributed by atoms with Gasteiger partial charge in [-0.3, -0.25) is 4.90 Å². The lowest BCUT2D eigenvalue weighted by molar-refractivity contribution is 0.285. The van der Waals surface area contributed by atoms with Gasteiger partial charge in [-0.15, -0.1) is 32.9 Å². The van der Waals surface area contributed by atoms with Crippen molar-refractivity contribution in [2.75, 3.05) is 7.05 Å². The van der Waals surface area contributed by atoms with Crippen molar-refractivity contribution < 1.29 is 4.42 Å². The quantitative estimate of drug-likeness (QED) is 0.569. The van der Waals surface area contributed by atoms with Crippen LogP contribution in [0.1, 0.15) is 34.1 Å². The molecule has 0 saturated heterocycles. The molecule has 0 amide bonds. The summed E-state index contributed by atoms with van der Waals surface area (Å²) in [5.74, 6) is 1.34. The summed E-state index contributed by atoms with van der Waals surface area (Å²) in [6, 6.07) is 6.46. The van der Waals surface area contributed by atoms with E-state index >= 15 is 0 Å². The second-order valence-corrected chi connectivity index (χ2v) is 9.83. The van der Waals surface area contributed by atoms with Crippen LogP contribution in [0.15, 0.2) is 26.4 Å². The molecular formula is C17H18BrN3OS2. The minimum Gasteiger partial charge on any atom is -0.419 e. The standard InChI is InChI=1S/C17H18BrN3OS2/c1-21(9-12-6-7-15(18)23-12)10-16-19-20-17(22-16)14-8-11-4-2-3-5-13(11)24-14/h6-8H,2-5,9-10H2,1H3. The Bertz CT molecular complexity index is 815. The fourth-order valence-corrected chi connectivity index (χ4v) is 5.74. The average Bonchev–Trinajstić information content (AvgIpc) is 3.26. The van der Waals surface area contributed by atoms with E-state index in [-0.39, 0.29) is 0 Å². The first-order chi connectivity index (χ1) is 11.7. The molecule has 0 aromatic carbocycles. The molecule has 126 valence electrons. The normalized spacial score (nSPS) is 14.3. The minimum absolute atomic E-state index is 0.660. The summed E-state index contributed by atoms with van der Waals surface area (Å²) < 4.78 is 7.06. The molecule has 0 saturated carbocycles. The van der Waals surface area contributed by atoms with Crippen LogP contribution in [0, 0.1) is 0 Å². The molecule has 0 unspecified atom stereocenters.